The second kappa shape index (κ2) is 9.86. The molecule has 0 spiro atoms. The first-order valence-corrected chi connectivity index (χ1v) is 12.6. The predicted octanol–water partition coefficient (Wildman–Crippen LogP) is 4.23. The van der Waals surface area contributed by atoms with Crippen molar-refractivity contribution in [2.45, 2.75) is 70.4 Å². The van der Waals surface area contributed by atoms with Gasteiger partial charge in [0.15, 0.2) is 0 Å². The maximum absolute atomic E-state index is 13.3. The Labute approximate surface area is 203 Å². The van der Waals surface area contributed by atoms with E-state index in [4.69, 9.17) is 16.0 Å². The largest absolute Gasteiger partial charge is 0.419 e. The first-order chi connectivity index (χ1) is 16.5. The molecule has 3 fully saturated rings. The van der Waals surface area contributed by atoms with Gasteiger partial charge in [-0.05, 0) is 49.9 Å². The average Bonchev–Trinajstić information content (AvgIpc) is 3.59. The summed E-state index contributed by atoms with van der Waals surface area (Å²) in [5, 5.41) is 8.91. The van der Waals surface area contributed by atoms with Crippen molar-refractivity contribution in [3.63, 3.8) is 0 Å². The molecule has 2 heterocycles. The number of nitrogens with zero attached hydrogens (tertiary/aromatic N) is 4. The van der Waals surface area contributed by atoms with Crippen LogP contribution in [0, 0.1) is 11.8 Å². The van der Waals surface area contributed by atoms with E-state index in [0.29, 0.717) is 16.8 Å². The Bertz CT molecular complexity index is 1040. The van der Waals surface area contributed by atoms with E-state index >= 15 is 0 Å². The van der Waals surface area contributed by atoms with Gasteiger partial charge in [-0.25, -0.2) is 0 Å². The summed E-state index contributed by atoms with van der Waals surface area (Å²) < 4.78 is 5.85. The van der Waals surface area contributed by atoms with Gasteiger partial charge in [0.1, 0.15) is 0 Å². The summed E-state index contributed by atoms with van der Waals surface area (Å²) in [6.45, 7) is 0.365. The van der Waals surface area contributed by atoms with Gasteiger partial charge in [0, 0.05) is 29.6 Å². The van der Waals surface area contributed by atoms with Crippen LogP contribution in [0.4, 0.5) is 0 Å². The second-order valence-electron chi connectivity index (χ2n) is 9.54. The number of halogens is 1. The predicted molar refractivity (Wildman–Crippen MR) is 124 cm³/mol. The maximum Gasteiger partial charge on any atom is 0.247 e. The number of imide groups is 1. The zero-order valence-electron chi connectivity index (χ0n) is 19.1. The fourth-order valence-corrected chi connectivity index (χ4v) is 5.74. The number of amides is 3. The van der Waals surface area contributed by atoms with E-state index in [1.165, 1.54) is 4.90 Å². The van der Waals surface area contributed by atoms with Gasteiger partial charge >= 0.3 is 0 Å². The molecule has 0 unspecified atom stereocenters. The quantitative estimate of drug-likeness (QED) is 0.546. The van der Waals surface area contributed by atoms with Crippen molar-refractivity contribution in [1.82, 2.24) is 20.0 Å². The molecule has 2 aliphatic carbocycles. The van der Waals surface area contributed by atoms with E-state index in [1.807, 2.05) is 0 Å². The molecule has 2 saturated carbocycles. The van der Waals surface area contributed by atoms with Gasteiger partial charge in [-0.2, -0.15) is 0 Å². The Hall–Kier alpha value is -2.74. The Balaban J connectivity index is 1.26. The highest BCUT2D eigenvalue weighted by molar-refractivity contribution is 6.30. The van der Waals surface area contributed by atoms with E-state index in [0.717, 1.165) is 56.9 Å². The summed E-state index contributed by atoms with van der Waals surface area (Å²) in [5.41, 5.74) is 0.759. The molecule has 180 valence electrons. The van der Waals surface area contributed by atoms with Gasteiger partial charge in [0.2, 0.25) is 29.5 Å². The van der Waals surface area contributed by atoms with Crippen LogP contribution >= 0.6 is 11.6 Å². The monoisotopic (exact) mass is 484 g/mol. The van der Waals surface area contributed by atoms with Gasteiger partial charge in [-0.3, -0.25) is 19.3 Å². The SMILES string of the molecule is O=C1[C@H]2CCCC[C@H]2C(=O)N1CCC(=O)N(Cc1nnc(-c2ccc(Cl)cc2)o1)C1CCCC1. The molecular formula is C25H29ClN4O4. The number of hydrogen-bond acceptors (Lipinski definition) is 6. The summed E-state index contributed by atoms with van der Waals surface area (Å²) in [6.07, 6.45) is 7.65. The summed E-state index contributed by atoms with van der Waals surface area (Å²) in [6, 6.07) is 7.23. The first-order valence-electron chi connectivity index (χ1n) is 12.2. The first kappa shape index (κ1) is 23.0. The van der Waals surface area contributed by atoms with Crippen molar-refractivity contribution in [2.24, 2.45) is 11.8 Å². The molecule has 1 aliphatic heterocycles. The van der Waals surface area contributed by atoms with Crippen LogP contribution in [0.1, 0.15) is 63.7 Å². The van der Waals surface area contributed by atoms with Crippen LogP contribution in [0.15, 0.2) is 28.7 Å². The normalized spacial score (nSPS) is 22.9. The van der Waals surface area contributed by atoms with Crippen molar-refractivity contribution < 1.29 is 18.8 Å². The van der Waals surface area contributed by atoms with Crippen LogP contribution in [0.2, 0.25) is 5.02 Å². The third-order valence-electron chi connectivity index (χ3n) is 7.43. The Morgan fingerprint density at radius 3 is 2.24 bits per heavy atom. The zero-order valence-corrected chi connectivity index (χ0v) is 19.9. The molecule has 2 aromatic rings. The van der Waals surface area contributed by atoms with E-state index in [-0.39, 0.29) is 55.1 Å². The Morgan fingerprint density at radius 2 is 1.59 bits per heavy atom. The van der Waals surface area contributed by atoms with Crippen LogP contribution in [-0.2, 0) is 20.9 Å². The lowest BCUT2D eigenvalue weighted by atomic mass is 9.81. The zero-order chi connectivity index (χ0) is 23.7. The molecule has 34 heavy (non-hydrogen) atoms. The molecule has 2 atom stereocenters. The van der Waals surface area contributed by atoms with Gasteiger partial charge in [0.25, 0.3) is 0 Å². The minimum absolute atomic E-state index is 0.0892. The second-order valence-corrected chi connectivity index (χ2v) is 9.98. The number of benzene rings is 1. The lowest BCUT2D eigenvalue weighted by Gasteiger charge is -2.28. The van der Waals surface area contributed by atoms with E-state index < -0.39 is 0 Å². The third kappa shape index (κ3) is 4.60. The van der Waals surface area contributed by atoms with Crippen molar-refractivity contribution in [3.05, 3.63) is 35.2 Å². The molecule has 3 aliphatic rings. The van der Waals surface area contributed by atoms with Crippen molar-refractivity contribution in [1.29, 1.82) is 0 Å². The minimum atomic E-state index is -0.188. The minimum Gasteiger partial charge on any atom is -0.419 e. The smallest absolute Gasteiger partial charge is 0.247 e. The van der Waals surface area contributed by atoms with Crippen LogP contribution < -0.4 is 0 Å². The Kier molecular flexibility index (Phi) is 6.68. The number of carbonyl (C=O) groups excluding carboxylic acids is 3. The molecule has 0 radical (unpaired) electrons. The molecule has 1 aromatic heterocycles. The number of carbonyl (C=O) groups is 3. The van der Waals surface area contributed by atoms with Crippen molar-refractivity contribution >= 4 is 29.3 Å². The Morgan fingerprint density at radius 1 is 0.971 bits per heavy atom. The van der Waals surface area contributed by atoms with E-state index in [1.54, 1.807) is 29.2 Å². The van der Waals surface area contributed by atoms with E-state index in [2.05, 4.69) is 10.2 Å². The van der Waals surface area contributed by atoms with Crippen LogP contribution in [-0.4, -0.2) is 50.3 Å². The highest BCUT2D eigenvalue weighted by Crippen LogP contribution is 2.38. The number of aromatic nitrogens is 2. The highest BCUT2D eigenvalue weighted by Gasteiger charge is 2.48. The molecule has 1 aromatic carbocycles. The maximum atomic E-state index is 13.3. The fraction of sp³-hybridized carbons (Fsp3) is 0.560. The molecule has 0 N–H and O–H groups in total. The lowest BCUT2D eigenvalue weighted by molar-refractivity contribution is -0.141. The molecule has 5 rings (SSSR count). The summed E-state index contributed by atoms with van der Waals surface area (Å²) in [7, 11) is 0. The topological polar surface area (TPSA) is 96.6 Å². The number of hydrogen-bond donors (Lipinski definition) is 0. The number of likely N-dealkylation sites (tertiary alicyclic amines) is 1. The molecule has 8 nitrogen and oxygen atoms in total. The molecule has 0 bridgehead atoms. The van der Waals surface area contributed by atoms with Crippen LogP contribution in [0.5, 0.6) is 0 Å². The molecule has 9 heteroatoms. The third-order valence-corrected chi connectivity index (χ3v) is 7.68. The van der Waals surface area contributed by atoms with Crippen molar-refractivity contribution in [2.75, 3.05) is 6.54 Å². The van der Waals surface area contributed by atoms with Crippen LogP contribution in [0.25, 0.3) is 11.5 Å². The van der Waals surface area contributed by atoms with Gasteiger partial charge < -0.3 is 9.32 Å². The van der Waals surface area contributed by atoms with Crippen LogP contribution in [0.3, 0.4) is 0 Å². The molecule has 1 saturated heterocycles. The fourth-order valence-electron chi connectivity index (χ4n) is 5.61. The standard InChI is InChI=1S/C25H29ClN4O4/c26-17-11-9-16(10-12-17)23-28-27-21(34-23)15-30(18-5-1-2-6-18)22(31)13-14-29-24(32)19-7-3-4-8-20(19)25(29)33/h9-12,18-20H,1-8,13-15H2/t19-,20+. The van der Waals surface area contributed by atoms with Crippen molar-refractivity contribution in [3.8, 4) is 11.5 Å². The van der Waals surface area contributed by atoms with Gasteiger partial charge in [-0.1, -0.05) is 37.3 Å². The average molecular weight is 485 g/mol. The van der Waals surface area contributed by atoms with E-state index in [9.17, 15) is 14.4 Å². The summed E-state index contributed by atoms with van der Waals surface area (Å²) in [4.78, 5) is 42.0. The molecular weight excluding hydrogens is 456 g/mol. The van der Waals surface area contributed by atoms with Gasteiger partial charge in [-0.15, -0.1) is 10.2 Å². The summed E-state index contributed by atoms with van der Waals surface area (Å²) in [5.74, 6) is 0.0808. The number of fused-ring (bicyclic) bond motifs is 1. The highest BCUT2D eigenvalue weighted by atomic mass is 35.5. The lowest BCUT2D eigenvalue weighted by Crippen LogP contribution is -2.41. The molecule has 3 amide bonds. The van der Waals surface area contributed by atoms with Gasteiger partial charge in [0.05, 0.1) is 18.4 Å². The number of rotatable bonds is 7. The summed E-state index contributed by atoms with van der Waals surface area (Å²) >= 11 is 5.95.